The second-order valence-corrected chi connectivity index (χ2v) is 4.96. The molecule has 5 heteroatoms. The molecule has 0 spiro atoms. The Labute approximate surface area is 110 Å². The van der Waals surface area contributed by atoms with Crippen LogP contribution in [0.1, 0.15) is 15.2 Å². The van der Waals surface area contributed by atoms with Gasteiger partial charge in [0.25, 0.3) is 0 Å². The van der Waals surface area contributed by atoms with Gasteiger partial charge < -0.3 is 4.74 Å². The van der Waals surface area contributed by atoms with Gasteiger partial charge in [-0.25, -0.2) is 4.39 Å². The van der Waals surface area contributed by atoms with Crippen molar-refractivity contribution < 1.29 is 13.9 Å². The SMILES string of the molecule is COc1ccsc1C(=O)c1cccc(F)c1Br. The number of hydrogen-bond acceptors (Lipinski definition) is 3. The largest absolute Gasteiger partial charge is 0.495 e. The lowest BCUT2D eigenvalue weighted by Gasteiger charge is -2.04. The van der Waals surface area contributed by atoms with E-state index in [1.807, 2.05) is 0 Å². The number of thiophene rings is 1. The van der Waals surface area contributed by atoms with Crippen LogP contribution in [0.2, 0.25) is 0 Å². The molecule has 2 rings (SSSR count). The highest BCUT2D eigenvalue weighted by molar-refractivity contribution is 9.10. The predicted octanol–water partition coefficient (Wildman–Crippen LogP) is 3.89. The standard InChI is InChI=1S/C12H8BrFO2S/c1-16-9-5-6-17-12(9)11(15)7-3-2-4-8(14)10(7)13/h2-6H,1H3. The van der Waals surface area contributed by atoms with Crippen molar-refractivity contribution in [2.24, 2.45) is 0 Å². The molecule has 1 aromatic carbocycles. The number of ketones is 1. The maximum atomic E-state index is 13.3. The van der Waals surface area contributed by atoms with Crippen molar-refractivity contribution in [3.8, 4) is 5.75 Å². The molecule has 0 unspecified atom stereocenters. The molecule has 2 aromatic rings. The Balaban J connectivity index is 2.48. The molecule has 1 heterocycles. The Morgan fingerprint density at radius 1 is 1.41 bits per heavy atom. The molecule has 0 aliphatic heterocycles. The molecular weight excluding hydrogens is 307 g/mol. The molecule has 0 aliphatic rings. The summed E-state index contributed by atoms with van der Waals surface area (Å²) in [6, 6.07) is 6.10. The maximum absolute atomic E-state index is 13.3. The zero-order chi connectivity index (χ0) is 12.4. The first-order chi connectivity index (χ1) is 8.15. The molecule has 0 bridgehead atoms. The van der Waals surface area contributed by atoms with E-state index in [-0.39, 0.29) is 10.3 Å². The van der Waals surface area contributed by atoms with Crippen LogP contribution >= 0.6 is 27.3 Å². The molecule has 0 atom stereocenters. The molecular formula is C12H8BrFO2S. The maximum Gasteiger partial charge on any atom is 0.207 e. The quantitative estimate of drug-likeness (QED) is 0.803. The van der Waals surface area contributed by atoms with Gasteiger partial charge in [-0.15, -0.1) is 11.3 Å². The summed E-state index contributed by atoms with van der Waals surface area (Å²) < 4.78 is 18.6. The number of ether oxygens (including phenoxy) is 1. The molecule has 0 saturated carbocycles. The predicted molar refractivity (Wildman–Crippen MR) is 68.4 cm³/mol. The highest BCUT2D eigenvalue weighted by atomic mass is 79.9. The number of hydrogen-bond donors (Lipinski definition) is 0. The Hall–Kier alpha value is -1.20. The van der Waals surface area contributed by atoms with E-state index < -0.39 is 5.82 Å². The van der Waals surface area contributed by atoms with E-state index in [9.17, 15) is 9.18 Å². The molecule has 88 valence electrons. The van der Waals surface area contributed by atoms with Gasteiger partial charge in [0.15, 0.2) is 0 Å². The van der Waals surface area contributed by atoms with E-state index in [0.717, 1.165) is 0 Å². The number of methoxy groups -OCH3 is 1. The Morgan fingerprint density at radius 3 is 2.88 bits per heavy atom. The molecule has 2 nitrogen and oxygen atoms in total. The summed E-state index contributed by atoms with van der Waals surface area (Å²) in [5, 5.41) is 1.76. The van der Waals surface area contributed by atoms with Crippen LogP contribution in [0.5, 0.6) is 5.75 Å². The lowest BCUT2D eigenvalue weighted by atomic mass is 10.1. The van der Waals surface area contributed by atoms with Gasteiger partial charge >= 0.3 is 0 Å². The third-order valence-electron chi connectivity index (χ3n) is 2.25. The number of carbonyl (C=O) groups is 1. The van der Waals surface area contributed by atoms with Gasteiger partial charge in [-0.1, -0.05) is 6.07 Å². The molecule has 0 N–H and O–H groups in total. The highest BCUT2D eigenvalue weighted by Crippen LogP contribution is 2.30. The third-order valence-corrected chi connectivity index (χ3v) is 3.95. The minimum Gasteiger partial charge on any atom is -0.495 e. The van der Waals surface area contributed by atoms with Crippen molar-refractivity contribution in [1.29, 1.82) is 0 Å². The Kier molecular flexibility index (Phi) is 3.59. The summed E-state index contributed by atoms with van der Waals surface area (Å²) in [4.78, 5) is 12.7. The van der Waals surface area contributed by atoms with Crippen LogP contribution < -0.4 is 4.74 Å². The Morgan fingerprint density at radius 2 is 2.18 bits per heavy atom. The fraction of sp³-hybridized carbons (Fsp3) is 0.0833. The van der Waals surface area contributed by atoms with E-state index >= 15 is 0 Å². The molecule has 0 saturated heterocycles. The first-order valence-corrected chi connectivity index (χ1v) is 6.42. The van der Waals surface area contributed by atoms with Crippen LogP contribution in [0, 0.1) is 5.82 Å². The average Bonchev–Trinajstić information content (AvgIpc) is 2.80. The van der Waals surface area contributed by atoms with Crippen LogP contribution in [-0.2, 0) is 0 Å². The summed E-state index contributed by atoms with van der Waals surface area (Å²) in [6.45, 7) is 0. The topological polar surface area (TPSA) is 26.3 Å². The van der Waals surface area contributed by atoms with E-state index in [0.29, 0.717) is 16.2 Å². The number of carbonyl (C=O) groups excluding carboxylic acids is 1. The van der Waals surface area contributed by atoms with Crippen LogP contribution in [0.4, 0.5) is 4.39 Å². The van der Waals surface area contributed by atoms with Gasteiger partial charge in [-0.2, -0.15) is 0 Å². The molecule has 0 amide bonds. The molecule has 0 fully saturated rings. The molecule has 0 radical (unpaired) electrons. The van der Waals surface area contributed by atoms with Gasteiger partial charge in [0.05, 0.1) is 11.6 Å². The van der Waals surface area contributed by atoms with Crippen molar-refractivity contribution in [1.82, 2.24) is 0 Å². The summed E-state index contributed by atoms with van der Waals surface area (Å²) >= 11 is 4.35. The fourth-order valence-corrected chi connectivity index (χ4v) is 2.68. The van der Waals surface area contributed by atoms with Gasteiger partial charge in [-0.05, 0) is 39.5 Å². The monoisotopic (exact) mass is 314 g/mol. The molecule has 17 heavy (non-hydrogen) atoms. The lowest BCUT2D eigenvalue weighted by Crippen LogP contribution is -2.02. The number of benzene rings is 1. The van der Waals surface area contributed by atoms with Crippen molar-refractivity contribution >= 4 is 33.0 Å². The molecule has 0 aliphatic carbocycles. The first kappa shape index (κ1) is 12.3. The minimum atomic E-state index is -0.452. The first-order valence-electron chi connectivity index (χ1n) is 4.75. The molecule has 1 aromatic heterocycles. The van der Waals surface area contributed by atoms with Gasteiger partial charge in [-0.3, -0.25) is 4.79 Å². The smallest absolute Gasteiger partial charge is 0.207 e. The zero-order valence-corrected chi connectivity index (χ0v) is 11.3. The van der Waals surface area contributed by atoms with Crippen LogP contribution in [0.3, 0.4) is 0 Å². The summed E-state index contributed by atoms with van der Waals surface area (Å²) in [7, 11) is 1.50. The van der Waals surface area contributed by atoms with E-state index in [1.165, 1.54) is 30.6 Å². The van der Waals surface area contributed by atoms with Crippen molar-refractivity contribution in [2.45, 2.75) is 0 Å². The van der Waals surface area contributed by atoms with Crippen LogP contribution in [0.15, 0.2) is 34.1 Å². The second kappa shape index (κ2) is 4.98. The van der Waals surface area contributed by atoms with Gasteiger partial charge in [0.2, 0.25) is 5.78 Å². The number of rotatable bonds is 3. The normalized spacial score (nSPS) is 10.3. The average molecular weight is 315 g/mol. The van der Waals surface area contributed by atoms with Gasteiger partial charge in [0, 0.05) is 5.56 Å². The minimum absolute atomic E-state index is 0.181. The van der Waals surface area contributed by atoms with Crippen molar-refractivity contribution in [3.05, 3.63) is 50.4 Å². The fourth-order valence-electron chi connectivity index (χ4n) is 1.43. The van der Waals surface area contributed by atoms with Gasteiger partial charge in [0.1, 0.15) is 16.4 Å². The zero-order valence-electron chi connectivity index (χ0n) is 8.87. The van der Waals surface area contributed by atoms with E-state index in [4.69, 9.17) is 4.74 Å². The highest BCUT2D eigenvalue weighted by Gasteiger charge is 2.19. The van der Waals surface area contributed by atoms with Crippen molar-refractivity contribution in [3.63, 3.8) is 0 Å². The summed E-state index contributed by atoms with van der Waals surface area (Å²) in [5.74, 6) is -0.189. The lowest BCUT2D eigenvalue weighted by molar-refractivity contribution is 0.103. The second-order valence-electron chi connectivity index (χ2n) is 3.25. The van der Waals surface area contributed by atoms with Crippen molar-refractivity contribution in [2.75, 3.05) is 7.11 Å². The number of halogens is 2. The third kappa shape index (κ3) is 2.25. The summed E-state index contributed by atoms with van der Waals surface area (Å²) in [6.07, 6.45) is 0. The van der Waals surface area contributed by atoms with E-state index in [1.54, 1.807) is 17.5 Å². The summed E-state index contributed by atoms with van der Waals surface area (Å²) in [5.41, 5.74) is 0.297. The van der Waals surface area contributed by atoms with Crippen LogP contribution in [0.25, 0.3) is 0 Å². The van der Waals surface area contributed by atoms with Crippen LogP contribution in [-0.4, -0.2) is 12.9 Å². The van der Waals surface area contributed by atoms with E-state index in [2.05, 4.69) is 15.9 Å². The Bertz CT molecular complexity index is 565.